The number of aromatic nitrogens is 1. The van der Waals surface area contributed by atoms with E-state index in [1.807, 2.05) is 0 Å². The Balaban J connectivity index is 1.35. The van der Waals surface area contributed by atoms with Crippen molar-refractivity contribution in [2.75, 3.05) is 43.0 Å². The maximum atomic E-state index is 12.7. The van der Waals surface area contributed by atoms with Crippen LogP contribution < -0.4 is 5.32 Å². The molecule has 2 amide bonds. The van der Waals surface area contributed by atoms with Gasteiger partial charge in [-0.3, -0.25) is 14.5 Å². The standard InChI is InChI=1S/C20H23F3N4O3S/c1-14-10-17(25-30-14)24-18(28)12-31-13-19(29)27-8-6-26(7-9-27)11-15-2-4-16(5-3-15)20(21,22)23/h2-5,10H,6-9,11-13H2,1H3,(H,24,25,28). The number of hydrogen-bond donors (Lipinski definition) is 1. The Morgan fingerprint density at radius 2 is 1.81 bits per heavy atom. The molecule has 1 fully saturated rings. The molecular weight excluding hydrogens is 433 g/mol. The average molecular weight is 456 g/mol. The summed E-state index contributed by atoms with van der Waals surface area (Å²) in [4.78, 5) is 28.1. The third-order valence-electron chi connectivity index (χ3n) is 4.77. The molecular formula is C20H23F3N4O3S. The zero-order valence-electron chi connectivity index (χ0n) is 16.9. The van der Waals surface area contributed by atoms with Gasteiger partial charge >= 0.3 is 6.18 Å². The molecule has 7 nitrogen and oxygen atoms in total. The number of carbonyl (C=O) groups excluding carboxylic acids is 2. The van der Waals surface area contributed by atoms with Crippen LogP contribution in [0.25, 0.3) is 0 Å². The third kappa shape index (κ3) is 7.00. The van der Waals surface area contributed by atoms with E-state index in [9.17, 15) is 22.8 Å². The van der Waals surface area contributed by atoms with Gasteiger partial charge in [-0.05, 0) is 24.6 Å². The molecule has 2 heterocycles. The van der Waals surface area contributed by atoms with Gasteiger partial charge in [0, 0.05) is 38.8 Å². The molecule has 31 heavy (non-hydrogen) atoms. The molecule has 11 heteroatoms. The first kappa shape index (κ1) is 23.1. The summed E-state index contributed by atoms with van der Waals surface area (Å²) in [5.41, 5.74) is 0.144. The van der Waals surface area contributed by atoms with Crippen LogP contribution in [0.3, 0.4) is 0 Å². The molecule has 0 saturated carbocycles. The van der Waals surface area contributed by atoms with Gasteiger partial charge in [0.15, 0.2) is 5.82 Å². The zero-order valence-corrected chi connectivity index (χ0v) is 17.8. The molecule has 0 atom stereocenters. The van der Waals surface area contributed by atoms with E-state index in [-0.39, 0.29) is 23.3 Å². The van der Waals surface area contributed by atoms with Gasteiger partial charge in [-0.15, -0.1) is 11.8 Å². The molecule has 1 aliphatic heterocycles. The number of nitrogens with one attached hydrogen (secondary N) is 1. The molecule has 3 rings (SSSR count). The van der Waals surface area contributed by atoms with Crippen LogP contribution in [0.4, 0.5) is 19.0 Å². The summed E-state index contributed by atoms with van der Waals surface area (Å²) in [5, 5.41) is 6.28. The molecule has 0 bridgehead atoms. The number of nitrogens with zero attached hydrogens (tertiary/aromatic N) is 3. The number of anilines is 1. The SMILES string of the molecule is Cc1cc(NC(=O)CSCC(=O)N2CCN(Cc3ccc(C(F)(F)F)cc3)CC2)no1. The van der Waals surface area contributed by atoms with E-state index in [4.69, 9.17) is 4.52 Å². The van der Waals surface area contributed by atoms with Gasteiger partial charge in [0.1, 0.15) is 5.76 Å². The number of aryl methyl sites for hydroxylation is 1. The van der Waals surface area contributed by atoms with E-state index < -0.39 is 11.7 Å². The van der Waals surface area contributed by atoms with E-state index in [0.717, 1.165) is 17.7 Å². The highest BCUT2D eigenvalue weighted by Gasteiger charge is 2.30. The van der Waals surface area contributed by atoms with Gasteiger partial charge in [-0.1, -0.05) is 17.3 Å². The average Bonchev–Trinajstić information content (AvgIpc) is 3.12. The fourth-order valence-electron chi connectivity index (χ4n) is 3.14. The third-order valence-corrected chi connectivity index (χ3v) is 5.68. The fourth-order valence-corrected chi connectivity index (χ4v) is 3.86. The van der Waals surface area contributed by atoms with Crippen LogP contribution in [-0.2, 0) is 22.3 Å². The zero-order chi connectivity index (χ0) is 22.4. The van der Waals surface area contributed by atoms with Gasteiger partial charge in [-0.2, -0.15) is 13.2 Å². The second kappa shape index (κ2) is 10.2. The second-order valence-corrected chi connectivity index (χ2v) is 8.20. The smallest absolute Gasteiger partial charge is 0.360 e. The molecule has 168 valence electrons. The lowest BCUT2D eigenvalue weighted by Crippen LogP contribution is -2.48. The van der Waals surface area contributed by atoms with Gasteiger partial charge in [0.2, 0.25) is 11.8 Å². The highest BCUT2D eigenvalue weighted by molar-refractivity contribution is 8.00. The van der Waals surface area contributed by atoms with Crippen LogP contribution in [0.5, 0.6) is 0 Å². The molecule has 1 N–H and O–H groups in total. The number of halogens is 3. The Kier molecular flexibility index (Phi) is 7.60. The van der Waals surface area contributed by atoms with Crippen molar-refractivity contribution in [2.24, 2.45) is 0 Å². The number of alkyl halides is 3. The number of rotatable bonds is 7. The van der Waals surface area contributed by atoms with Crippen molar-refractivity contribution >= 4 is 29.4 Å². The van der Waals surface area contributed by atoms with Crippen LogP contribution in [0.1, 0.15) is 16.9 Å². The highest BCUT2D eigenvalue weighted by atomic mass is 32.2. The summed E-state index contributed by atoms with van der Waals surface area (Å²) >= 11 is 1.23. The number of carbonyl (C=O) groups is 2. The van der Waals surface area contributed by atoms with Gasteiger partial charge < -0.3 is 14.7 Å². The predicted octanol–water partition coefficient (Wildman–Crippen LogP) is 3.02. The first-order chi connectivity index (χ1) is 14.7. The van der Waals surface area contributed by atoms with E-state index in [1.54, 1.807) is 17.9 Å². The van der Waals surface area contributed by atoms with E-state index >= 15 is 0 Å². The Morgan fingerprint density at radius 3 is 2.39 bits per heavy atom. The molecule has 0 spiro atoms. The molecule has 1 saturated heterocycles. The lowest BCUT2D eigenvalue weighted by molar-refractivity contribution is -0.137. The van der Waals surface area contributed by atoms with Crippen molar-refractivity contribution < 1.29 is 27.3 Å². The Morgan fingerprint density at radius 1 is 1.13 bits per heavy atom. The van der Waals surface area contributed by atoms with E-state index in [0.29, 0.717) is 44.3 Å². The molecule has 0 unspecified atom stereocenters. The topological polar surface area (TPSA) is 78.7 Å². The Hall–Kier alpha value is -2.53. The molecule has 2 aromatic rings. The summed E-state index contributed by atoms with van der Waals surface area (Å²) < 4.78 is 42.8. The predicted molar refractivity (Wildman–Crippen MR) is 110 cm³/mol. The summed E-state index contributed by atoms with van der Waals surface area (Å²) in [6, 6.07) is 6.77. The largest absolute Gasteiger partial charge is 0.416 e. The Labute approximate surface area is 181 Å². The lowest BCUT2D eigenvalue weighted by Gasteiger charge is -2.34. The molecule has 1 aliphatic rings. The van der Waals surface area contributed by atoms with Gasteiger partial charge in [0.05, 0.1) is 17.1 Å². The van der Waals surface area contributed by atoms with Gasteiger partial charge in [0.25, 0.3) is 0 Å². The van der Waals surface area contributed by atoms with Gasteiger partial charge in [-0.25, -0.2) is 0 Å². The van der Waals surface area contributed by atoms with Crippen molar-refractivity contribution in [1.29, 1.82) is 0 Å². The first-order valence-electron chi connectivity index (χ1n) is 9.68. The van der Waals surface area contributed by atoms with Crippen LogP contribution in [0.2, 0.25) is 0 Å². The van der Waals surface area contributed by atoms with Crippen LogP contribution in [0, 0.1) is 6.92 Å². The summed E-state index contributed by atoms with van der Waals surface area (Å²) in [6.45, 7) is 4.64. The van der Waals surface area contributed by atoms with Crippen LogP contribution >= 0.6 is 11.8 Å². The van der Waals surface area contributed by atoms with Crippen molar-refractivity contribution in [3.8, 4) is 0 Å². The highest BCUT2D eigenvalue weighted by Crippen LogP contribution is 2.29. The van der Waals surface area contributed by atoms with Crippen molar-refractivity contribution in [2.45, 2.75) is 19.6 Å². The molecule has 1 aromatic heterocycles. The number of amides is 2. The monoisotopic (exact) mass is 456 g/mol. The minimum atomic E-state index is -4.33. The summed E-state index contributed by atoms with van der Waals surface area (Å²) in [5.74, 6) is 0.973. The van der Waals surface area contributed by atoms with E-state index in [2.05, 4.69) is 15.4 Å². The van der Waals surface area contributed by atoms with Crippen LogP contribution in [0.15, 0.2) is 34.9 Å². The van der Waals surface area contributed by atoms with Crippen molar-refractivity contribution in [1.82, 2.24) is 15.0 Å². The first-order valence-corrected chi connectivity index (χ1v) is 10.8. The number of hydrogen-bond acceptors (Lipinski definition) is 6. The second-order valence-electron chi connectivity index (χ2n) is 7.22. The number of benzene rings is 1. The normalized spacial score (nSPS) is 15.2. The van der Waals surface area contributed by atoms with Crippen LogP contribution in [-0.4, -0.2) is 64.5 Å². The minimum absolute atomic E-state index is 0.0377. The lowest BCUT2D eigenvalue weighted by atomic mass is 10.1. The van der Waals surface area contributed by atoms with E-state index in [1.165, 1.54) is 23.9 Å². The number of thioether (sulfide) groups is 1. The minimum Gasteiger partial charge on any atom is -0.360 e. The molecule has 0 radical (unpaired) electrons. The number of piperazine rings is 1. The Bertz CT molecular complexity index is 894. The summed E-state index contributed by atoms with van der Waals surface area (Å²) in [6.07, 6.45) is -4.33. The molecule has 1 aromatic carbocycles. The maximum absolute atomic E-state index is 12.7. The van der Waals surface area contributed by atoms with Crippen molar-refractivity contribution in [3.63, 3.8) is 0 Å². The molecule has 0 aliphatic carbocycles. The maximum Gasteiger partial charge on any atom is 0.416 e. The fraction of sp³-hybridized carbons (Fsp3) is 0.450. The summed E-state index contributed by atoms with van der Waals surface area (Å²) in [7, 11) is 0. The van der Waals surface area contributed by atoms with Crippen molar-refractivity contribution in [3.05, 3.63) is 47.2 Å². The quantitative estimate of drug-likeness (QED) is 0.690.